The SMILES string of the molecule is Nc1cc(C2CCOCC2)cc(F)c1F. The van der Waals surface area contributed by atoms with Crippen molar-refractivity contribution in [2.24, 2.45) is 0 Å². The van der Waals surface area contributed by atoms with Crippen molar-refractivity contribution in [1.82, 2.24) is 0 Å². The van der Waals surface area contributed by atoms with Crippen molar-refractivity contribution in [3.63, 3.8) is 0 Å². The molecule has 1 aromatic rings. The molecule has 0 saturated carbocycles. The maximum absolute atomic E-state index is 13.1. The summed E-state index contributed by atoms with van der Waals surface area (Å²) in [6.07, 6.45) is 1.68. The van der Waals surface area contributed by atoms with Crippen LogP contribution >= 0.6 is 0 Å². The van der Waals surface area contributed by atoms with E-state index in [9.17, 15) is 8.78 Å². The zero-order valence-corrected chi connectivity index (χ0v) is 8.30. The summed E-state index contributed by atoms with van der Waals surface area (Å²) in [7, 11) is 0. The van der Waals surface area contributed by atoms with Gasteiger partial charge in [-0.3, -0.25) is 0 Å². The Morgan fingerprint density at radius 3 is 2.47 bits per heavy atom. The Morgan fingerprint density at radius 1 is 1.20 bits per heavy atom. The first kappa shape index (κ1) is 10.4. The van der Waals surface area contributed by atoms with Crippen LogP contribution in [0.2, 0.25) is 0 Å². The number of anilines is 1. The Kier molecular flexibility index (Phi) is 2.86. The number of hydrogen-bond donors (Lipinski definition) is 1. The highest BCUT2D eigenvalue weighted by molar-refractivity contribution is 5.44. The van der Waals surface area contributed by atoms with Gasteiger partial charge in [-0.1, -0.05) is 0 Å². The molecule has 1 saturated heterocycles. The summed E-state index contributed by atoms with van der Waals surface area (Å²) in [5.41, 5.74) is 6.04. The fourth-order valence-electron chi connectivity index (χ4n) is 1.90. The van der Waals surface area contributed by atoms with Crippen LogP contribution < -0.4 is 5.73 Å². The molecule has 1 heterocycles. The van der Waals surface area contributed by atoms with E-state index in [1.165, 1.54) is 12.1 Å². The third-order valence-electron chi connectivity index (χ3n) is 2.77. The second-order valence-electron chi connectivity index (χ2n) is 3.79. The van der Waals surface area contributed by atoms with E-state index in [4.69, 9.17) is 10.5 Å². The molecule has 0 aliphatic carbocycles. The van der Waals surface area contributed by atoms with Gasteiger partial charge in [0.1, 0.15) is 0 Å². The minimum atomic E-state index is -0.953. The highest BCUT2D eigenvalue weighted by atomic mass is 19.2. The van der Waals surface area contributed by atoms with E-state index in [1.54, 1.807) is 0 Å². The highest BCUT2D eigenvalue weighted by Crippen LogP contribution is 2.29. The Bertz CT molecular complexity index is 339. The zero-order chi connectivity index (χ0) is 10.8. The Hall–Kier alpha value is -1.16. The van der Waals surface area contributed by atoms with Crippen LogP contribution in [0.25, 0.3) is 0 Å². The molecule has 0 radical (unpaired) electrons. The number of hydrogen-bond acceptors (Lipinski definition) is 2. The summed E-state index contributed by atoms with van der Waals surface area (Å²) in [4.78, 5) is 0. The van der Waals surface area contributed by atoms with E-state index in [2.05, 4.69) is 0 Å². The first-order chi connectivity index (χ1) is 7.18. The lowest BCUT2D eigenvalue weighted by Crippen LogP contribution is -2.14. The van der Waals surface area contributed by atoms with Crippen LogP contribution in [-0.4, -0.2) is 13.2 Å². The first-order valence-electron chi connectivity index (χ1n) is 5.00. The molecular weight excluding hydrogens is 200 g/mol. The van der Waals surface area contributed by atoms with Crippen molar-refractivity contribution >= 4 is 5.69 Å². The number of ether oxygens (including phenoxy) is 1. The fraction of sp³-hybridized carbons (Fsp3) is 0.455. The second-order valence-corrected chi connectivity index (χ2v) is 3.79. The van der Waals surface area contributed by atoms with E-state index >= 15 is 0 Å². The molecule has 82 valence electrons. The lowest BCUT2D eigenvalue weighted by molar-refractivity contribution is 0.0852. The van der Waals surface area contributed by atoms with Gasteiger partial charge in [-0.2, -0.15) is 0 Å². The van der Waals surface area contributed by atoms with Gasteiger partial charge in [0, 0.05) is 13.2 Å². The number of rotatable bonds is 1. The third kappa shape index (κ3) is 2.09. The molecule has 1 fully saturated rings. The molecule has 15 heavy (non-hydrogen) atoms. The van der Waals surface area contributed by atoms with Crippen LogP contribution in [-0.2, 0) is 4.74 Å². The fourth-order valence-corrected chi connectivity index (χ4v) is 1.90. The molecule has 2 N–H and O–H groups in total. The van der Waals surface area contributed by atoms with E-state index in [1.807, 2.05) is 0 Å². The molecule has 2 rings (SSSR count). The van der Waals surface area contributed by atoms with Crippen molar-refractivity contribution in [3.8, 4) is 0 Å². The molecule has 0 atom stereocenters. The minimum absolute atomic E-state index is 0.114. The smallest absolute Gasteiger partial charge is 0.181 e. The Labute approximate surface area is 87.0 Å². The van der Waals surface area contributed by atoms with E-state index in [0.29, 0.717) is 13.2 Å². The van der Waals surface area contributed by atoms with Gasteiger partial charge in [0.05, 0.1) is 5.69 Å². The molecule has 1 aliphatic rings. The van der Waals surface area contributed by atoms with Crippen LogP contribution in [0, 0.1) is 11.6 Å². The summed E-state index contributed by atoms with van der Waals surface area (Å²) in [5, 5.41) is 0. The molecular formula is C11H13F2NO. The largest absolute Gasteiger partial charge is 0.396 e. The van der Waals surface area contributed by atoms with Crippen molar-refractivity contribution in [2.75, 3.05) is 18.9 Å². The number of halogens is 2. The predicted molar refractivity (Wildman–Crippen MR) is 53.6 cm³/mol. The number of nitrogen functional groups attached to an aromatic ring is 1. The summed E-state index contributed by atoms with van der Waals surface area (Å²) in [6, 6.07) is 2.76. The highest BCUT2D eigenvalue weighted by Gasteiger charge is 2.18. The average molecular weight is 213 g/mol. The van der Waals surface area contributed by atoms with Gasteiger partial charge >= 0.3 is 0 Å². The van der Waals surface area contributed by atoms with Crippen LogP contribution in [0.4, 0.5) is 14.5 Å². The summed E-state index contributed by atoms with van der Waals surface area (Å²) in [6.45, 7) is 1.34. The summed E-state index contributed by atoms with van der Waals surface area (Å²) >= 11 is 0. The molecule has 1 aliphatic heterocycles. The van der Waals surface area contributed by atoms with E-state index < -0.39 is 11.6 Å². The predicted octanol–water partition coefficient (Wildman–Crippen LogP) is 2.44. The van der Waals surface area contributed by atoms with Crippen molar-refractivity contribution in [1.29, 1.82) is 0 Å². The minimum Gasteiger partial charge on any atom is -0.396 e. The molecule has 0 spiro atoms. The third-order valence-corrected chi connectivity index (χ3v) is 2.77. The molecule has 1 aromatic carbocycles. The molecule has 0 unspecified atom stereocenters. The summed E-state index contributed by atoms with van der Waals surface area (Å²) < 4.78 is 31.3. The average Bonchev–Trinajstić information content (AvgIpc) is 2.26. The number of nitrogens with two attached hydrogens (primary N) is 1. The standard InChI is InChI=1S/C11H13F2NO/c12-9-5-8(6-10(14)11(9)13)7-1-3-15-4-2-7/h5-7H,1-4,14H2. The quantitative estimate of drug-likeness (QED) is 0.727. The van der Waals surface area contributed by atoms with Crippen LogP contribution in [0.5, 0.6) is 0 Å². The van der Waals surface area contributed by atoms with E-state index in [0.717, 1.165) is 18.4 Å². The van der Waals surface area contributed by atoms with Gasteiger partial charge in [-0.05, 0) is 36.5 Å². The van der Waals surface area contributed by atoms with Gasteiger partial charge in [-0.25, -0.2) is 8.78 Å². The molecule has 2 nitrogen and oxygen atoms in total. The maximum atomic E-state index is 13.1. The van der Waals surface area contributed by atoms with Gasteiger partial charge in [0.2, 0.25) is 0 Å². The first-order valence-corrected chi connectivity index (χ1v) is 5.00. The monoisotopic (exact) mass is 213 g/mol. The summed E-state index contributed by atoms with van der Waals surface area (Å²) in [5.74, 6) is -1.58. The van der Waals surface area contributed by atoms with Gasteiger partial charge < -0.3 is 10.5 Å². The van der Waals surface area contributed by atoms with Crippen molar-refractivity contribution in [3.05, 3.63) is 29.3 Å². The molecule has 0 bridgehead atoms. The Balaban J connectivity index is 2.27. The maximum Gasteiger partial charge on any atom is 0.181 e. The van der Waals surface area contributed by atoms with Crippen molar-refractivity contribution in [2.45, 2.75) is 18.8 Å². The second kappa shape index (κ2) is 4.14. The zero-order valence-electron chi connectivity index (χ0n) is 8.30. The topological polar surface area (TPSA) is 35.2 Å². The van der Waals surface area contributed by atoms with E-state index in [-0.39, 0.29) is 11.6 Å². The van der Waals surface area contributed by atoms with Gasteiger partial charge in [0.25, 0.3) is 0 Å². The van der Waals surface area contributed by atoms with Crippen LogP contribution in [0.1, 0.15) is 24.3 Å². The van der Waals surface area contributed by atoms with Crippen molar-refractivity contribution < 1.29 is 13.5 Å². The van der Waals surface area contributed by atoms with Crippen LogP contribution in [0.15, 0.2) is 12.1 Å². The lowest BCUT2D eigenvalue weighted by atomic mass is 9.91. The normalized spacial score (nSPS) is 18.0. The Morgan fingerprint density at radius 2 is 1.87 bits per heavy atom. The lowest BCUT2D eigenvalue weighted by Gasteiger charge is -2.22. The molecule has 4 heteroatoms. The van der Waals surface area contributed by atoms with Gasteiger partial charge in [-0.15, -0.1) is 0 Å². The van der Waals surface area contributed by atoms with Gasteiger partial charge in [0.15, 0.2) is 11.6 Å². The number of benzene rings is 1. The van der Waals surface area contributed by atoms with Crippen LogP contribution in [0.3, 0.4) is 0 Å². The molecule has 0 aromatic heterocycles. The molecule has 0 amide bonds.